The summed E-state index contributed by atoms with van der Waals surface area (Å²) in [6.45, 7) is 7.82. The number of allylic oxidation sites excluding steroid dienone is 1. The number of aliphatic hydroxyl groups is 1. The Balaban J connectivity index is 2.62. The van der Waals surface area contributed by atoms with E-state index >= 15 is 0 Å². The predicted molar refractivity (Wildman–Crippen MR) is 67.3 cm³/mol. The zero-order valence-electron chi connectivity index (χ0n) is 11.4. The third-order valence-electron chi connectivity index (χ3n) is 2.89. The van der Waals surface area contributed by atoms with Crippen molar-refractivity contribution in [1.29, 1.82) is 0 Å². The molecular formula is C14H24O3. The molecule has 0 aromatic carbocycles. The summed E-state index contributed by atoms with van der Waals surface area (Å²) in [5.41, 5.74) is 0.509. The van der Waals surface area contributed by atoms with Crippen molar-refractivity contribution in [2.24, 2.45) is 5.41 Å². The minimum Gasteiger partial charge on any atom is -0.430 e. The third-order valence-corrected chi connectivity index (χ3v) is 2.89. The molecule has 0 saturated heterocycles. The van der Waals surface area contributed by atoms with E-state index in [1.807, 2.05) is 26.8 Å². The Labute approximate surface area is 104 Å². The Morgan fingerprint density at radius 2 is 1.76 bits per heavy atom. The van der Waals surface area contributed by atoms with E-state index < -0.39 is 11.8 Å². The topological polar surface area (TPSA) is 46.5 Å². The average Bonchev–Trinajstić information content (AvgIpc) is 2.15. The summed E-state index contributed by atoms with van der Waals surface area (Å²) in [5.74, 6) is -1.63. The van der Waals surface area contributed by atoms with Gasteiger partial charge in [-0.05, 0) is 25.2 Å². The molecule has 0 aliphatic heterocycles. The Hall–Kier alpha value is -0.830. The van der Waals surface area contributed by atoms with Crippen LogP contribution in [0, 0.1) is 5.41 Å². The van der Waals surface area contributed by atoms with Gasteiger partial charge in [-0.3, -0.25) is 0 Å². The van der Waals surface area contributed by atoms with Crippen LogP contribution in [0.15, 0.2) is 11.6 Å². The maximum Gasteiger partial charge on any atom is 0.335 e. The molecule has 1 saturated carbocycles. The fourth-order valence-electron chi connectivity index (χ4n) is 2.17. The van der Waals surface area contributed by atoms with Gasteiger partial charge in [0.2, 0.25) is 5.79 Å². The quantitative estimate of drug-likeness (QED) is 0.458. The highest BCUT2D eigenvalue weighted by atomic mass is 16.7. The first-order valence-corrected chi connectivity index (χ1v) is 6.37. The van der Waals surface area contributed by atoms with E-state index in [9.17, 15) is 9.90 Å². The Morgan fingerprint density at radius 1 is 1.24 bits per heavy atom. The minimum atomic E-state index is -1.23. The lowest BCUT2D eigenvalue weighted by Gasteiger charge is -2.31. The largest absolute Gasteiger partial charge is 0.430 e. The van der Waals surface area contributed by atoms with Crippen LogP contribution in [0.5, 0.6) is 0 Å². The van der Waals surface area contributed by atoms with Crippen molar-refractivity contribution >= 4 is 5.97 Å². The van der Waals surface area contributed by atoms with E-state index in [-0.39, 0.29) is 5.41 Å². The molecule has 3 nitrogen and oxygen atoms in total. The van der Waals surface area contributed by atoms with Crippen LogP contribution >= 0.6 is 0 Å². The van der Waals surface area contributed by atoms with Crippen LogP contribution in [0.2, 0.25) is 0 Å². The maximum atomic E-state index is 11.8. The number of carbonyl (C=O) groups excluding carboxylic acids is 1. The van der Waals surface area contributed by atoms with Gasteiger partial charge in [-0.15, -0.1) is 0 Å². The van der Waals surface area contributed by atoms with Crippen LogP contribution in [0.4, 0.5) is 0 Å². The van der Waals surface area contributed by atoms with E-state index in [4.69, 9.17) is 4.74 Å². The van der Waals surface area contributed by atoms with Crippen LogP contribution in [0.25, 0.3) is 0 Å². The van der Waals surface area contributed by atoms with Crippen molar-refractivity contribution < 1.29 is 14.6 Å². The molecule has 0 radical (unpaired) electrons. The summed E-state index contributed by atoms with van der Waals surface area (Å²) in [5, 5.41) is 10.1. The fraction of sp³-hybridized carbons (Fsp3) is 0.786. The first-order valence-electron chi connectivity index (χ1n) is 6.37. The van der Waals surface area contributed by atoms with Gasteiger partial charge in [-0.2, -0.15) is 0 Å². The fourth-order valence-corrected chi connectivity index (χ4v) is 2.17. The Morgan fingerprint density at radius 3 is 2.24 bits per heavy atom. The summed E-state index contributed by atoms with van der Waals surface area (Å²) in [6, 6.07) is 0. The van der Waals surface area contributed by atoms with Crippen LogP contribution in [0.1, 0.15) is 59.8 Å². The van der Waals surface area contributed by atoms with Gasteiger partial charge in [0.1, 0.15) is 0 Å². The standard InChI is InChI=1S/C14H24O3/c1-11(10-13(2,3)4)12(15)17-14(16)8-6-5-7-9-14/h10,16H,5-9H2,1-4H3/b11-10+. The van der Waals surface area contributed by atoms with Gasteiger partial charge in [0, 0.05) is 18.4 Å². The van der Waals surface area contributed by atoms with Gasteiger partial charge in [-0.25, -0.2) is 4.79 Å². The summed E-state index contributed by atoms with van der Waals surface area (Å²) < 4.78 is 5.23. The van der Waals surface area contributed by atoms with Crippen LogP contribution in [-0.2, 0) is 9.53 Å². The number of hydrogen-bond acceptors (Lipinski definition) is 3. The Bertz CT molecular complexity index is 304. The monoisotopic (exact) mass is 240 g/mol. The molecule has 98 valence electrons. The normalized spacial score (nSPS) is 21.1. The lowest BCUT2D eigenvalue weighted by atomic mass is 9.93. The summed E-state index contributed by atoms with van der Waals surface area (Å²) in [4.78, 5) is 11.8. The van der Waals surface area contributed by atoms with E-state index in [0.717, 1.165) is 19.3 Å². The molecule has 1 aliphatic carbocycles. The zero-order chi connectivity index (χ0) is 13.1. The molecular weight excluding hydrogens is 216 g/mol. The van der Waals surface area contributed by atoms with E-state index in [0.29, 0.717) is 18.4 Å². The van der Waals surface area contributed by atoms with Gasteiger partial charge < -0.3 is 9.84 Å². The highest BCUT2D eigenvalue weighted by molar-refractivity contribution is 5.88. The molecule has 1 N–H and O–H groups in total. The molecule has 0 heterocycles. The lowest BCUT2D eigenvalue weighted by molar-refractivity contribution is -0.216. The van der Waals surface area contributed by atoms with Crippen LogP contribution in [0.3, 0.4) is 0 Å². The summed E-state index contributed by atoms with van der Waals surface area (Å²) in [6.07, 6.45) is 5.94. The number of hydrogen-bond donors (Lipinski definition) is 1. The van der Waals surface area contributed by atoms with Crippen molar-refractivity contribution in [2.75, 3.05) is 0 Å². The average molecular weight is 240 g/mol. The van der Waals surface area contributed by atoms with Gasteiger partial charge in [-0.1, -0.05) is 33.3 Å². The predicted octanol–water partition coefficient (Wildman–Crippen LogP) is 3.17. The molecule has 0 aromatic rings. The molecule has 17 heavy (non-hydrogen) atoms. The summed E-state index contributed by atoms with van der Waals surface area (Å²) in [7, 11) is 0. The van der Waals surface area contributed by atoms with Crippen LogP contribution < -0.4 is 0 Å². The SMILES string of the molecule is C/C(=C\C(C)(C)C)C(=O)OC1(O)CCCCC1. The second-order valence-electron chi connectivity index (χ2n) is 6.09. The Kier molecular flexibility index (Phi) is 4.36. The minimum absolute atomic E-state index is 0.0573. The van der Waals surface area contributed by atoms with Gasteiger partial charge in [0.25, 0.3) is 0 Å². The molecule has 1 aliphatic rings. The molecule has 3 heteroatoms. The van der Waals surface area contributed by atoms with Gasteiger partial charge in [0.15, 0.2) is 0 Å². The molecule has 0 aromatic heterocycles. The lowest BCUT2D eigenvalue weighted by Crippen LogP contribution is -2.37. The van der Waals surface area contributed by atoms with Crippen molar-refractivity contribution in [3.63, 3.8) is 0 Å². The van der Waals surface area contributed by atoms with Gasteiger partial charge in [0.05, 0.1) is 0 Å². The number of ether oxygens (including phenoxy) is 1. The second-order valence-corrected chi connectivity index (χ2v) is 6.09. The van der Waals surface area contributed by atoms with Crippen molar-refractivity contribution in [1.82, 2.24) is 0 Å². The maximum absolute atomic E-state index is 11.8. The third kappa shape index (κ3) is 4.90. The van der Waals surface area contributed by atoms with E-state index in [1.165, 1.54) is 0 Å². The van der Waals surface area contributed by atoms with Gasteiger partial charge >= 0.3 is 5.97 Å². The molecule has 0 amide bonds. The van der Waals surface area contributed by atoms with E-state index in [2.05, 4.69) is 0 Å². The van der Waals surface area contributed by atoms with Crippen molar-refractivity contribution in [3.05, 3.63) is 11.6 Å². The summed E-state index contributed by atoms with van der Waals surface area (Å²) >= 11 is 0. The molecule has 0 spiro atoms. The first-order chi connectivity index (χ1) is 7.72. The molecule has 0 bridgehead atoms. The first kappa shape index (κ1) is 14.2. The second kappa shape index (κ2) is 5.21. The highest BCUT2D eigenvalue weighted by Gasteiger charge is 2.33. The molecule has 1 fully saturated rings. The zero-order valence-corrected chi connectivity index (χ0v) is 11.4. The smallest absolute Gasteiger partial charge is 0.335 e. The van der Waals surface area contributed by atoms with Crippen molar-refractivity contribution in [3.8, 4) is 0 Å². The molecule has 1 rings (SSSR count). The van der Waals surface area contributed by atoms with Crippen LogP contribution in [-0.4, -0.2) is 16.9 Å². The molecule has 0 atom stereocenters. The number of carbonyl (C=O) groups is 1. The van der Waals surface area contributed by atoms with Crippen molar-refractivity contribution in [2.45, 2.75) is 65.6 Å². The number of rotatable bonds is 2. The molecule has 0 unspecified atom stereocenters. The number of esters is 1. The van der Waals surface area contributed by atoms with E-state index in [1.54, 1.807) is 6.92 Å². The highest BCUT2D eigenvalue weighted by Crippen LogP contribution is 2.30.